The summed E-state index contributed by atoms with van der Waals surface area (Å²) in [6, 6.07) is 7.72. The van der Waals surface area contributed by atoms with Crippen LogP contribution in [0, 0.1) is 18.3 Å². The summed E-state index contributed by atoms with van der Waals surface area (Å²) in [6.07, 6.45) is 1.88. The van der Waals surface area contributed by atoms with E-state index in [1.54, 1.807) is 17.4 Å². The van der Waals surface area contributed by atoms with Crippen molar-refractivity contribution >= 4 is 33.0 Å². The fourth-order valence-corrected chi connectivity index (χ4v) is 2.59. The molecule has 1 aromatic heterocycles. The van der Waals surface area contributed by atoms with Crippen molar-refractivity contribution in [3.63, 3.8) is 0 Å². The topological polar surface area (TPSA) is 48.7 Å². The number of halogens is 1. The van der Waals surface area contributed by atoms with E-state index in [2.05, 4.69) is 32.3 Å². The van der Waals surface area contributed by atoms with E-state index in [-0.39, 0.29) is 0 Å². The Morgan fingerprint density at radius 3 is 2.94 bits per heavy atom. The van der Waals surface area contributed by atoms with Gasteiger partial charge in [0.05, 0.1) is 17.1 Å². The standard InChI is InChI=1S/C12H10BrN3S/c1-8-15-6-11(17-8)7-16-10-3-2-9(5-14)12(13)4-10/h2-4,6,16H,7H2,1H3. The Hall–Kier alpha value is -1.38. The molecule has 0 bridgehead atoms. The van der Waals surface area contributed by atoms with Crippen molar-refractivity contribution in [2.45, 2.75) is 13.5 Å². The minimum atomic E-state index is 0.643. The summed E-state index contributed by atoms with van der Waals surface area (Å²) < 4.78 is 0.811. The molecule has 0 aliphatic heterocycles. The van der Waals surface area contributed by atoms with E-state index in [9.17, 15) is 0 Å². The number of nitrogens with zero attached hydrogens (tertiary/aromatic N) is 2. The molecule has 0 atom stereocenters. The number of thiazole rings is 1. The number of nitriles is 1. The van der Waals surface area contributed by atoms with Crippen molar-refractivity contribution in [1.29, 1.82) is 5.26 Å². The van der Waals surface area contributed by atoms with Gasteiger partial charge < -0.3 is 5.32 Å². The van der Waals surface area contributed by atoms with Crippen LogP contribution in [0.25, 0.3) is 0 Å². The highest BCUT2D eigenvalue weighted by atomic mass is 79.9. The number of benzene rings is 1. The first-order valence-corrected chi connectivity index (χ1v) is 6.65. The molecule has 5 heteroatoms. The van der Waals surface area contributed by atoms with Crippen molar-refractivity contribution in [2.75, 3.05) is 5.32 Å². The van der Waals surface area contributed by atoms with Crippen LogP contribution in [0.3, 0.4) is 0 Å². The van der Waals surface area contributed by atoms with Crippen LogP contribution in [-0.2, 0) is 6.54 Å². The predicted octanol–water partition coefficient (Wildman–Crippen LogP) is 3.70. The molecule has 1 N–H and O–H groups in total. The molecule has 0 amide bonds. The summed E-state index contributed by atoms with van der Waals surface area (Å²) in [5.74, 6) is 0. The first kappa shape index (κ1) is 12.1. The average Bonchev–Trinajstić information content (AvgIpc) is 2.73. The van der Waals surface area contributed by atoms with E-state index in [0.29, 0.717) is 5.56 Å². The van der Waals surface area contributed by atoms with Gasteiger partial charge in [-0.3, -0.25) is 0 Å². The second-order valence-corrected chi connectivity index (χ2v) is 5.68. The van der Waals surface area contributed by atoms with Crippen LogP contribution in [0.5, 0.6) is 0 Å². The molecular weight excluding hydrogens is 298 g/mol. The molecule has 0 radical (unpaired) electrons. The minimum Gasteiger partial charge on any atom is -0.380 e. The molecule has 0 aliphatic carbocycles. The zero-order valence-electron chi connectivity index (χ0n) is 9.20. The molecule has 3 nitrogen and oxygen atoms in total. The number of hydrogen-bond acceptors (Lipinski definition) is 4. The molecule has 0 saturated carbocycles. The third kappa shape index (κ3) is 3.05. The molecule has 86 valence electrons. The van der Waals surface area contributed by atoms with Gasteiger partial charge in [-0.05, 0) is 41.1 Å². The van der Waals surface area contributed by atoms with Crippen LogP contribution in [0.2, 0.25) is 0 Å². The fourth-order valence-electron chi connectivity index (χ4n) is 1.39. The smallest absolute Gasteiger partial charge is 0.100 e. The van der Waals surface area contributed by atoms with Gasteiger partial charge in [-0.2, -0.15) is 5.26 Å². The van der Waals surface area contributed by atoms with Gasteiger partial charge in [-0.1, -0.05) is 0 Å². The van der Waals surface area contributed by atoms with Gasteiger partial charge in [-0.25, -0.2) is 4.98 Å². The molecule has 0 aliphatic rings. The Morgan fingerprint density at radius 2 is 2.35 bits per heavy atom. The molecule has 1 aromatic carbocycles. The van der Waals surface area contributed by atoms with E-state index < -0.39 is 0 Å². The molecule has 0 spiro atoms. The summed E-state index contributed by atoms with van der Waals surface area (Å²) in [7, 11) is 0. The Morgan fingerprint density at radius 1 is 1.53 bits per heavy atom. The van der Waals surface area contributed by atoms with Crippen LogP contribution in [0.4, 0.5) is 5.69 Å². The molecular formula is C12H10BrN3S. The summed E-state index contributed by atoms with van der Waals surface area (Å²) >= 11 is 5.05. The monoisotopic (exact) mass is 307 g/mol. The van der Waals surface area contributed by atoms with Gasteiger partial charge >= 0.3 is 0 Å². The Kier molecular flexibility index (Phi) is 3.77. The maximum Gasteiger partial charge on any atom is 0.100 e. The molecule has 0 unspecified atom stereocenters. The highest BCUT2D eigenvalue weighted by molar-refractivity contribution is 9.10. The molecule has 0 fully saturated rings. The maximum atomic E-state index is 8.81. The quantitative estimate of drug-likeness (QED) is 0.940. The first-order chi connectivity index (χ1) is 8.19. The van der Waals surface area contributed by atoms with Gasteiger partial charge in [0.2, 0.25) is 0 Å². The molecule has 2 aromatic rings. The summed E-state index contributed by atoms with van der Waals surface area (Å²) in [4.78, 5) is 5.40. The maximum absolute atomic E-state index is 8.81. The lowest BCUT2D eigenvalue weighted by atomic mass is 10.2. The van der Waals surface area contributed by atoms with Gasteiger partial charge in [-0.15, -0.1) is 11.3 Å². The molecule has 0 saturated heterocycles. The zero-order chi connectivity index (χ0) is 12.3. The number of anilines is 1. The number of rotatable bonds is 3. The Balaban J connectivity index is 2.05. The van der Waals surface area contributed by atoms with E-state index in [1.807, 2.05) is 25.3 Å². The summed E-state index contributed by atoms with van der Waals surface area (Å²) in [5.41, 5.74) is 1.63. The normalized spacial score (nSPS) is 9.94. The molecule has 17 heavy (non-hydrogen) atoms. The van der Waals surface area contributed by atoms with Crippen molar-refractivity contribution in [2.24, 2.45) is 0 Å². The fraction of sp³-hybridized carbons (Fsp3) is 0.167. The van der Waals surface area contributed by atoms with Crippen LogP contribution in [0.1, 0.15) is 15.4 Å². The Bertz CT molecular complexity index is 571. The highest BCUT2D eigenvalue weighted by Crippen LogP contribution is 2.22. The second-order valence-electron chi connectivity index (χ2n) is 3.51. The van der Waals surface area contributed by atoms with Gasteiger partial charge in [0.15, 0.2) is 0 Å². The number of aryl methyl sites for hydroxylation is 1. The first-order valence-electron chi connectivity index (χ1n) is 5.04. The van der Waals surface area contributed by atoms with Crippen molar-refractivity contribution in [1.82, 2.24) is 4.98 Å². The predicted molar refractivity (Wildman–Crippen MR) is 73.0 cm³/mol. The van der Waals surface area contributed by atoms with E-state index in [1.165, 1.54) is 4.88 Å². The largest absolute Gasteiger partial charge is 0.380 e. The summed E-state index contributed by atoms with van der Waals surface area (Å²) in [6.45, 7) is 2.75. The average molecular weight is 308 g/mol. The van der Waals surface area contributed by atoms with Crippen molar-refractivity contribution in [3.8, 4) is 6.07 Å². The van der Waals surface area contributed by atoms with E-state index >= 15 is 0 Å². The number of nitrogens with one attached hydrogen (secondary N) is 1. The van der Waals surface area contributed by atoms with Crippen LogP contribution < -0.4 is 5.32 Å². The van der Waals surface area contributed by atoms with Crippen molar-refractivity contribution < 1.29 is 0 Å². The van der Waals surface area contributed by atoms with Crippen LogP contribution in [0.15, 0.2) is 28.9 Å². The second kappa shape index (κ2) is 5.30. The third-order valence-corrected chi connectivity index (χ3v) is 3.79. The van der Waals surface area contributed by atoms with Crippen molar-refractivity contribution in [3.05, 3.63) is 44.3 Å². The van der Waals surface area contributed by atoms with Crippen LogP contribution >= 0.6 is 27.3 Å². The molecule has 1 heterocycles. The number of aromatic nitrogens is 1. The minimum absolute atomic E-state index is 0.643. The summed E-state index contributed by atoms with van der Waals surface area (Å²) in [5, 5.41) is 13.2. The molecule has 2 rings (SSSR count). The highest BCUT2D eigenvalue weighted by Gasteiger charge is 2.01. The third-order valence-electron chi connectivity index (χ3n) is 2.23. The Labute approximate surface area is 112 Å². The van der Waals surface area contributed by atoms with Crippen LogP contribution in [-0.4, -0.2) is 4.98 Å². The van der Waals surface area contributed by atoms with E-state index in [0.717, 1.165) is 21.7 Å². The van der Waals surface area contributed by atoms with Gasteiger partial charge in [0, 0.05) is 21.2 Å². The van der Waals surface area contributed by atoms with Gasteiger partial charge in [0.25, 0.3) is 0 Å². The van der Waals surface area contributed by atoms with Gasteiger partial charge in [0.1, 0.15) is 6.07 Å². The number of hydrogen-bond donors (Lipinski definition) is 1. The van der Waals surface area contributed by atoms with E-state index in [4.69, 9.17) is 5.26 Å². The lowest BCUT2D eigenvalue weighted by molar-refractivity contribution is 1.17. The zero-order valence-corrected chi connectivity index (χ0v) is 11.6. The lowest BCUT2D eigenvalue weighted by Crippen LogP contribution is -1.97. The SMILES string of the molecule is Cc1ncc(CNc2ccc(C#N)c(Br)c2)s1. The lowest BCUT2D eigenvalue weighted by Gasteiger charge is -2.05.